The van der Waals surface area contributed by atoms with E-state index in [1.807, 2.05) is 42.2 Å². The molecule has 43 heavy (non-hydrogen) atoms. The van der Waals surface area contributed by atoms with Gasteiger partial charge in [0.1, 0.15) is 5.65 Å². The lowest BCUT2D eigenvalue weighted by molar-refractivity contribution is 0.165. The number of anilines is 2. The van der Waals surface area contributed by atoms with Crippen LogP contribution in [0.15, 0.2) is 54.6 Å². The first-order chi connectivity index (χ1) is 21.0. The molecular weight excluding hydrogens is 536 g/mol. The molecule has 7 rings (SSSR count). The van der Waals surface area contributed by atoms with Crippen molar-refractivity contribution in [2.75, 3.05) is 37.2 Å². The number of piperidine rings is 1. The topological polar surface area (TPSA) is 115 Å². The number of hydrogen-bond acceptors (Lipinski definition) is 6. The third-order valence-electron chi connectivity index (χ3n) is 9.63. The van der Waals surface area contributed by atoms with Crippen molar-refractivity contribution in [3.63, 3.8) is 0 Å². The van der Waals surface area contributed by atoms with E-state index in [1.165, 1.54) is 42.6 Å². The van der Waals surface area contributed by atoms with Crippen molar-refractivity contribution in [1.29, 1.82) is 0 Å². The van der Waals surface area contributed by atoms with Gasteiger partial charge in [-0.05, 0) is 86.1 Å². The Morgan fingerprint density at radius 2 is 1.84 bits per heavy atom. The van der Waals surface area contributed by atoms with Crippen LogP contribution in [0.2, 0.25) is 0 Å². The number of amides is 2. The van der Waals surface area contributed by atoms with Gasteiger partial charge in [-0.1, -0.05) is 49.4 Å². The van der Waals surface area contributed by atoms with Gasteiger partial charge in [0.05, 0.1) is 5.69 Å². The van der Waals surface area contributed by atoms with Crippen LogP contribution in [0.3, 0.4) is 0 Å². The van der Waals surface area contributed by atoms with Crippen molar-refractivity contribution in [3.05, 3.63) is 77.0 Å². The van der Waals surface area contributed by atoms with E-state index in [2.05, 4.69) is 56.7 Å². The second kappa shape index (κ2) is 11.5. The van der Waals surface area contributed by atoms with Crippen molar-refractivity contribution in [3.8, 4) is 11.3 Å². The summed E-state index contributed by atoms with van der Waals surface area (Å²) in [5.41, 5.74) is 15.1. The Kier molecular flexibility index (Phi) is 7.36. The fourth-order valence-electron chi connectivity index (χ4n) is 7.05. The lowest BCUT2D eigenvalue weighted by Crippen LogP contribution is -2.44. The van der Waals surface area contributed by atoms with Crippen molar-refractivity contribution in [2.45, 2.75) is 52.2 Å². The summed E-state index contributed by atoms with van der Waals surface area (Å²) in [6, 6.07) is 16.7. The van der Waals surface area contributed by atoms with Gasteiger partial charge in [-0.25, -0.2) is 9.78 Å². The van der Waals surface area contributed by atoms with Crippen LogP contribution < -0.4 is 16.4 Å². The Balaban J connectivity index is 1.13. The molecule has 0 radical (unpaired) electrons. The van der Waals surface area contributed by atoms with Crippen molar-refractivity contribution in [2.24, 2.45) is 5.92 Å². The zero-order valence-corrected chi connectivity index (χ0v) is 25.0. The van der Waals surface area contributed by atoms with E-state index in [-0.39, 0.29) is 12.0 Å². The number of nitrogen functional groups attached to an aromatic ring is 1. The average Bonchev–Trinajstić information content (AvgIpc) is 3.67. The first-order valence-electron chi connectivity index (χ1n) is 15.5. The summed E-state index contributed by atoms with van der Waals surface area (Å²) in [6.45, 7) is 9.88. The molecule has 4 aromatic rings. The number of likely N-dealkylation sites (tertiary alicyclic amines) is 1. The zero-order chi connectivity index (χ0) is 29.5. The number of fused-ring (bicyclic) bond motifs is 2. The highest BCUT2D eigenvalue weighted by Crippen LogP contribution is 2.36. The number of urea groups is 1. The van der Waals surface area contributed by atoms with Gasteiger partial charge in [0.15, 0.2) is 0 Å². The van der Waals surface area contributed by atoms with Crippen LogP contribution >= 0.6 is 0 Å². The second-order valence-electron chi connectivity index (χ2n) is 12.1. The summed E-state index contributed by atoms with van der Waals surface area (Å²) in [4.78, 5) is 30.5. The number of nitrogens with one attached hydrogen (secondary N) is 3. The van der Waals surface area contributed by atoms with Gasteiger partial charge < -0.3 is 31.2 Å². The predicted molar refractivity (Wildman–Crippen MR) is 172 cm³/mol. The van der Waals surface area contributed by atoms with Crippen LogP contribution in [0.1, 0.15) is 48.6 Å². The molecule has 0 saturated carbocycles. The Bertz CT molecular complexity index is 1680. The Hall–Kier alpha value is -4.21. The molecule has 2 aromatic carbocycles. The summed E-state index contributed by atoms with van der Waals surface area (Å²) < 4.78 is 0. The summed E-state index contributed by atoms with van der Waals surface area (Å²) in [7, 11) is 0. The molecule has 1 saturated heterocycles. The van der Waals surface area contributed by atoms with Crippen LogP contribution in [-0.4, -0.2) is 63.0 Å². The van der Waals surface area contributed by atoms with Gasteiger partial charge in [-0.3, -0.25) is 0 Å². The Labute approximate surface area is 252 Å². The lowest BCUT2D eigenvalue weighted by atomic mass is 9.83. The standard InChI is InChI=1S/C34H40N8O/c1-3-41-15-12-22(13-16-41)29-17-23(11-14-36-29)30-18-27-31(39-33(35)40-32(27)37-30)26-9-6-10-28(21(26)2)38-34(43)42-19-24-7-4-5-8-25(24)20-42/h4-11,18,22,29,36H,3,12-17,19-20H2,1-2H3,(H,38,43)(H3,35,37,39,40). The van der Waals surface area contributed by atoms with Gasteiger partial charge in [-0.2, -0.15) is 4.98 Å². The maximum atomic E-state index is 13.3. The number of aromatic nitrogens is 3. The number of H-pyrrole nitrogens is 1. The highest BCUT2D eigenvalue weighted by atomic mass is 16.2. The van der Waals surface area contributed by atoms with Crippen LogP contribution in [0.4, 0.5) is 16.4 Å². The lowest BCUT2D eigenvalue weighted by Gasteiger charge is -2.37. The second-order valence-corrected chi connectivity index (χ2v) is 12.1. The summed E-state index contributed by atoms with van der Waals surface area (Å²) in [6.07, 6.45) is 5.77. The molecule has 3 aliphatic heterocycles. The first-order valence-corrected chi connectivity index (χ1v) is 15.5. The molecule has 0 bridgehead atoms. The van der Waals surface area contributed by atoms with Gasteiger partial charge >= 0.3 is 6.03 Å². The fraction of sp³-hybridized carbons (Fsp3) is 0.382. The van der Waals surface area contributed by atoms with E-state index in [4.69, 9.17) is 10.7 Å². The van der Waals surface area contributed by atoms with Crippen molar-refractivity contribution >= 4 is 34.3 Å². The molecule has 5 N–H and O–H groups in total. The van der Waals surface area contributed by atoms with Crippen molar-refractivity contribution < 1.29 is 4.79 Å². The quantitative estimate of drug-likeness (QED) is 0.248. The molecule has 5 heterocycles. The molecule has 1 fully saturated rings. The molecule has 0 aliphatic carbocycles. The van der Waals surface area contributed by atoms with Crippen LogP contribution in [0, 0.1) is 12.8 Å². The summed E-state index contributed by atoms with van der Waals surface area (Å²) >= 11 is 0. The average molecular weight is 577 g/mol. The van der Waals surface area contributed by atoms with Gasteiger partial charge in [-0.15, -0.1) is 0 Å². The van der Waals surface area contributed by atoms with E-state index < -0.39 is 0 Å². The molecule has 1 atom stereocenters. The molecule has 2 amide bonds. The first kappa shape index (κ1) is 27.6. The highest BCUT2D eigenvalue weighted by Gasteiger charge is 2.29. The molecule has 1 unspecified atom stereocenters. The predicted octanol–water partition coefficient (Wildman–Crippen LogP) is 5.54. The van der Waals surface area contributed by atoms with Gasteiger partial charge in [0, 0.05) is 48.0 Å². The van der Waals surface area contributed by atoms with E-state index in [0.29, 0.717) is 25.0 Å². The largest absolute Gasteiger partial charge is 0.368 e. The molecule has 9 nitrogen and oxygen atoms in total. The zero-order valence-electron chi connectivity index (χ0n) is 25.0. The van der Waals surface area contributed by atoms with Gasteiger partial charge in [0.25, 0.3) is 0 Å². The highest BCUT2D eigenvalue weighted by molar-refractivity contribution is 5.97. The molecule has 9 heteroatoms. The number of hydrogen-bond donors (Lipinski definition) is 4. The minimum absolute atomic E-state index is 0.111. The number of carbonyl (C=O) groups excluding carboxylic acids is 1. The molecule has 2 aromatic heterocycles. The van der Waals surface area contributed by atoms with E-state index in [1.54, 1.807) is 0 Å². The molecular formula is C34H40N8O. The number of nitrogens with two attached hydrogens (primary N) is 1. The van der Waals surface area contributed by atoms with Crippen LogP contribution in [-0.2, 0) is 13.1 Å². The third-order valence-corrected chi connectivity index (χ3v) is 9.63. The molecule has 0 spiro atoms. The molecule has 3 aliphatic rings. The smallest absolute Gasteiger partial charge is 0.322 e. The number of nitrogens with zero attached hydrogens (tertiary/aromatic N) is 4. The van der Waals surface area contributed by atoms with Crippen LogP contribution in [0.5, 0.6) is 0 Å². The summed E-state index contributed by atoms with van der Waals surface area (Å²) in [5, 5.41) is 7.83. The van der Waals surface area contributed by atoms with Crippen molar-refractivity contribution in [1.82, 2.24) is 30.1 Å². The third kappa shape index (κ3) is 5.39. The Morgan fingerprint density at radius 1 is 1.07 bits per heavy atom. The molecule has 222 valence electrons. The monoisotopic (exact) mass is 576 g/mol. The Morgan fingerprint density at radius 3 is 2.58 bits per heavy atom. The fourth-order valence-corrected chi connectivity index (χ4v) is 7.05. The van der Waals surface area contributed by atoms with Gasteiger partial charge in [0.2, 0.25) is 5.95 Å². The maximum Gasteiger partial charge on any atom is 0.322 e. The normalized spacial score (nSPS) is 19.4. The number of rotatable bonds is 5. The van der Waals surface area contributed by atoms with E-state index in [0.717, 1.165) is 58.7 Å². The van der Waals surface area contributed by atoms with E-state index >= 15 is 0 Å². The number of aromatic amines is 1. The van der Waals surface area contributed by atoms with E-state index in [9.17, 15) is 4.79 Å². The minimum atomic E-state index is -0.111. The van der Waals surface area contributed by atoms with Crippen LogP contribution in [0.25, 0.3) is 27.9 Å². The number of benzene rings is 2. The number of carbonyl (C=O) groups is 1. The SMILES string of the molecule is CCN1CCC(C2CC(c3cc4c(-c5cccc(NC(=O)N6Cc7ccccc7C6)c5C)nc(N)nc4[nH]3)=CCN2)CC1. The maximum absolute atomic E-state index is 13.3. The minimum Gasteiger partial charge on any atom is -0.368 e. The summed E-state index contributed by atoms with van der Waals surface area (Å²) in [5.74, 6) is 0.914.